The number of nitrogens with zero attached hydrogens (tertiary/aromatic N) is 1. The zero-order chi connectivity index (χ0) is 65.5. The average molecular weight is 1320 g/mol. The maximum Gasteiger partial charge on any atom is 0.247 e. The second kappa shape index (κ2) is 35.2. The number of aliphatic hydroxyl groups excluding tert-OH is 1. The SMILES string of the molecule is C=C(C)[C@H](NC(=O)CN(CCOCCOCC)CCOCCOCC)C(=O)N[C@@H](CCCCCCC(N)=O)C(=O)NC[C@@H](O)C[C@H]1O[C@H]2C[C@H]3O[C@@H](CC[C@@H]4O[C@@H](CC[C@@]56CC7OC8C(O[C@H]9CC[C@H](CC(=S)C[C@@H]2[C@H]1OC)O[C@@H]9[C@@H]8O5)[C@H]7O6)CC4=C)C[C@@H](C)C3=C. The van der Waals surface area contributed by atoms with Gasteiger partial charge in [-0.05, 0) is 112 Å². The lowest BCUT2D eigenvalue weighted by molar-refractivity contribution is -0.292. The molecule has 92 heavy (non-hydrogen) atoms. The third-order valence-corrected chi connectivity index (χ3v) is 20.5. The molecule has 21 atom stereocenters. The van der Waals surface area contributed by atoms with Gasteiger partial charge in [0.2, 0.25) is 23.6 Å². The first kappa shape index (κ1) is 72.8. The molecule has 0 aromatic rings. The van der Waals surface area contributed by atoms with E-state index in [-0.39, 0.29) is 123 Å². The number of methoxy groups -OCH3 is 1. The number of unbranched alkanes of at least 4 members (excludes halogenated alkanes) is 3. The highest BCUT2D eigenvalue weighted by atomic mass is 32.1. The Morgan fingerprint density at radius 1 is 0.728 bits per heavy atom. The van der Waals surface area contributed by atoms with E-state index in [1.807, 2.05) is 18.7 Å². The second-order valence-corrected chi connectivity index (χ2v) is 27.7. The van der Waals surface area contributed by atoms with E-state index in [9.17, 15) is 24.3 Å². The number of ether oxygens (including phenoxy) is 13. The molecular formula is C68H109N5O18S. The van der Waals surface area contributed by atoms with Gasteiger partial charge in [-0.25, -0.2) is 0 Å². The highest BCUT2D eigenvalue weighted by molar-refractivity contribution is 7.80. The van der Waals surface area contributed by atoms with Crippen LogP contribution in [-0.2, 0) is 80.8 Å². The minimum atomic E-state index is -1.17. The monoisotopic (exact) mass is 1320 g/mol. The number of nitrogens with one attached hydrogen (secondary N) is 3. The van der Waals surface area contributed by atoms with Crippen molar-refractivity contribution in [2.75, 3.05) is 86.1 Å². The van der Waals surface area contributed by atoms with Crippen LogP contribution in [-0.4, -0.2) is 240 Å². The van der Waals surface area contributed by atoms with Crippen LogP contribution in [0.1, 0.15) is 150 Å². The van der Waals surface area contributed by atoms with Crippen LogP contribution in [0.5, 0.6) is 0 Å². The molecule has 23 nitrogen and oxygen atoms in total. The van der Waals surface area contributed by atoms with Gasteiger partial charge in [0.05, 0.1) is 113 Å². The summed E-state index contributed by atoms with van der Waals surface area (Å²) in [5, 5.41) is 20.6. The van der Waals surface area contributed by atoms with Crippen molar-refractivity contribution in [2.24, 2.45) is 17.6 Å². The lowest BCUT2D eigenvalue weighted by Crippen LogP contribution is -2.61. The minimum Gasteiger partial charge on any atom is -0.391 e. The highest BCUT2D eigenvalue weighted by Crippen LogP contribution is 2.54. The van der Waals surface area contributed by atoms with Crippen LogP contribution < -0.4 is 21.7 Å². The summed E-state index contributed by atoms with van der Waals surface area (Å²) < 4.78 is 84.0. The average Bonchev–Trinajstić information content (AvgIpc) is 1.55. The number of carbonyl (C=O) groups excluding carboxylic acids is 4. The smallest absolute Gasteiger partial charge is 0.247 e. The summed E-state index contributed by atoms with van der Waals surface area (Å²) in [7, 11) is 1.66. The predicted molar refractivity (Wildman–Crippen MR) is 344 cm³/mol. The van der Waals surface area contributed by atoms with Crippen molar-refractivity contribution < 1.29 is 85.9 Å². The van der Waals surface area contributed by atoms with Crippen molar-refractivity contribution in [3.8, 4) is 0 Å². The van der Waals surface area contributed by atoms with E-state index in [2.05, 4.69) is 42.6 Å². The van der Waals surface area contributed by atoms with Gasteiger partial charge in [0.15, 0.2) is 5.79 Å². The number of nitrogens with two attached hydrogens (primary N) is 1. The molecule has 1 spiro atoms. The lowest BCUT2D eigenvalue weighted by Gasteiger charge is -2.47. The number of thiocarbonyl (C=S) groups is 1. The Hall–Kier alpha value is -3.41. The Kier molecular flexibility index (Phi) is 27.9. The fourth-order valence-electron chi connectivity index (χ4n) is 15.3. The first-order chi connectivity index (χ1) is 44.3. The van der Waals surface area contributed by atoms with E-state index in [0.29, 0.717) is 129 Å². The largest absolute Gasteiger partial charge is 0.391 e. The van der Waals surface area contributed by atoms with Crippen molar-refractivity contribution in [3.63, 3.8) is 0 Å². The van der Waals surface area contributed by atoms with Gasteiger partial charge in [0.1, 0.15) is 42.6 Å². The zero-order valence-electron chi connectivity index (χ0n) is 55.4. The van der Waals surface area contributed by atoms with Crippen LogP contribution in [0, 0.1) is 11.8 Å². The molecule has 10 heterocycles. The van der Waals surface area contributed by atoms with Gasteiger partial charge >= 0.3 is 0 Å². The number of amides is 4. The van der Waals surface area contributed by atoms with Gasteiger partial charge in [0.25, 0.3) is 0 Å². The van der Waals surface area contributed by atoms with Crippen molar-refractivity contribution in [1.82, 2.24) is 20.9 Å². The normalized spacial score (nSPS) is 35.2. The summed E-state index contributed by atoms with van der Waals surface area (Å²) in [5.74, 6) is -2.81. The second-order valence-electron chi connectivity index (χ2n) is 27.2. The Labute approximate surface area is 550 Å². The number of carbonyl (C=O) groups is 4. The molecule has 10 fully saturated rings. The summed E-state index contributed by atoms with van der Waals surface area (Å²) in [4.78, 5) is 56.5. The van der Waals surface area contributed by atoms with Crippen LogP contribution in [0.15, 0.2) is 36.5 Å². The third-order valence-electron chi connectivity index (χ3n) is 20.2. The van der Waals surface area contributed by atoms with Crippen LogP contribution in [0.4, 0.5) is 0 Å². The van der Waals surface area contributed by atoms with Crippen LogP contribution in [0.25, 0.3) is 0 Å². The van der Waals surface area contributed by atoms with Crippen molar-refractivity contribution in [1.29, 1.82) is 0 Å². The van der Waals surface area contributed by atoms with Crippen molar-refractivity contribution in [2.45, 2.75) is 265 Å². The highest BCUT2D eigenvalue weighted by Gasteiger charge is 2.69. The summed E-state index contributed by atoms with van der Waals surface area (Å²) in [6, 6.07) is -2.22. The lowest BCUT2D eigenvalue weighted by atomic mass is 9.81. The van der Waals surface area contributed by atoms with E-state index < -0.39 is 60.0 Å². The Morgan fingerprint density at radius 3 is 2.12 bits per heavy atom. The molecule has 0 radical (unpaired) electrons. The molecule has 520 valence electrons. The first-order valence-corrected chi connectivity index (χ1v) is 35.0. The fourth-order valence-corrected chi connectivity index (χ4v) is 15.7. The summed E-state index contributed by atoms with van der Waals surface area (Å²) in [5.41, 5.74) is 7.87. The number of fused-ring (bicyclic) bond motifs is 6. The van der Waals surface area contributed by atoms with Crippen LogP contribution >= 0.6 is 12.2 Å². The van der Waals surface area contributed by atoms with Gasteiger partial charge in [-0.2, -0.15) is 0 Å². The summed E-state index contributed by atoms with van der Waals surface area (Å²) >= 11 is 6.35. The zero-order valence-corrected chi connectivity index (χ0v) is 56.2. The van der Waals surface area contributed by atoms with Gasteiger partial charge < -0.3 is 88.4 Å². The Bertz CT molecular complexity index is 2460. The molecule has 12 bridgehead atoms. The van der Waals surface area contributed by atoms with Gasteiger partial charge in [-0.1, -0.05) is 58.1 Å². The Morgan fingerprint density at radius 2 is 1.40 bits per heavy atom. The number of hydrogen-bond donors (Lipinski definition) is 5. The van der Waals surface area contributed by atoms with Crippen molar-refractivity contribution in [3.05, 3.63) is 36.5 Å². The summed E-state index contributed by atoms with van der Waals surface area (Å²) in [6.07, 6.45) is 6.52. The molecule has 24 heteroatoms. The molecule has 10 saturated heterocycles. The molecular weight excluding hydrogens is 1210 g/mol. The predicted octanol–water partition coefficient (Wildman–Crippen LogP) is 5.18. The van der Waals surface area contributed by atoms with E-state index in [1.54, 1.807) is 14.0 Å². The van der Waals surface area contributed by atoms with Gasteiger partial charge in [-0.15, -0.1) is 0 Å². The third kappa shape index (κ3) is 19.7. The topological polar surface area (TPSA) is 274 Å². The molecule has 10 aliphatic rings. The van der Waals surface area contributed by atoms with Crippen LogP contribution in [0.2, 0.25) is 0 Å². The molecule has 10 aliphatic heterocycles. The van der Waals surface area contributed by atoms with Crippen LogP contribution in [0.3, 0.4) is 0 Å². The molecule has 0 aromatic carbocycles. The molecule has 6 N–H and O–H groups in total. The van der Waals surface area contributed by atoms with E-state index in [1.165, 1.54) is 0 Å². The minimum absolute atomic E-state index is 0.00380. The molecule has 10 rings (SSSR count). The molecule has 0 aromatic heterocycles. The molecule has 3 unspecified atom stereocenters. The number of aliphatic hydroxyl groups is 1. The quantitative estimate of drug-likeness (QED) is 0.0322. The summed E-state index contributed by atoms with van der Waals surface area (Å²) in [6.45, 7) is 25.0. The van der Waals surface area contributed by atoms with E-state index in [0.717, 1.165) is 61.0 Å². The fraction of sp³-hybridized carbons (Fsp3) is 0.838. The molecule has 0 saturated carbocycles. The van der Waals surface area contributed by atoms with E-state index >= 15 is 0 Å². The van der Waals surface area contributed by atoms with Gasteiger partial charge in [-0.3, -0.25) is 24.1 Å². The first-order valence-electron chi connectivity index (χ1n) is 34.6. The van der Waals surface area contributed by atoms with Crippen molar-refractivity contribution >= 4 is 40.7 Å². The maximum absolute atomic E-state index is 14.3. The van der Waals surface area contributed by atoms with Gasteiger partial charge in [0, 0.05) is 84.4 Å². The standard InChI is InChI=1S/C68H109N5O18S/c1-9-80-27-29-82-25-23-73(24-26-83-30-28-81-10-2)39-58(76)72-59(40(3)4)67(78)71-50(15-13-11-12-14-16-57(69)75)66(77)70-38-44(74)33-55-60(79-8)49-35-48(92)34-46-18-20-52-61(86-46)65-64-63(88-52)62-56(89-64)37-68(90-62,91-65)22-21-47-32-42(6)51(84-47)19-17-45-31-41(5)43(7)53(85-45)36-54(49)87-55/h41,44-47,49-56,59-65,74H,3,6-7,9-39H2,1-2,4-5,8H3,(H2,69,75)(H,70,77)(H,71,78)(H,72,76)/t41-,44+,45+,46-,47+,49+,50+,51+,52+,53-,54+,55-,56?,59+,60-,61+,62+,63?,64?,65+,68+/m1/s1. The molecule has 0 aliphatic carbocycles. The number of hydrogen-bond acceptors (Lipinski definition) is 20. The molecule has 4 amide bonds. The maximum atomic E-state index is 14.3. The number of rotatable bonds is 33. The van der Waals surface area contributed by atoms with E-state index in [4.69, 9.17) is 79.5 Å². The Balaban J connectivity index is 0.856. The number of primary amides is 1.